The largest absolute Gasteiger partial charge is 0.387 e. The molecule has 106 valence electrons. The zero-order valence-corrected chi connectivity index (χ0v) is 11.2. The molecule has 0 amide bonds. The van der Waals surface area contributed by atoms with Gasteiger partial charge < -0.3 is 10.4 Å². The molecule has 0 aliphatic rings. The zero-order chi connectivity index (χ0) is 14.5. The lowest BCUT2D eigenvalue weighted by Crippen LogP contribution is -2.24. The van der Waals surface area contributed by atoms with E-state index in [1.807, 2.05) is 13.0 Å². The number of halogens is 2. The molecule has 1 unspecified atom stereocenters. The van der Waals surface area contributed by atoms with Crippen molar-refractivity contribution >= 4 is 0 Å². The summed E-state index contributed by atoms with van der Waals surface area (Å²) in [6.45, 7) is 2.15. The van der Waals surface area contributed by atoms with Crippen LogP contribution in [0, 0.1) is 11.6 Å². The summed E-state index contributed by atoms with van der Waals surface area (Å²) in [5, 5.41) is 13.1. The summed E-state index contributed by atoms with van der Waals surface area (Å²) in [4.78, 5) is 0. The minimum Gasteiger partial charge on any atom is -0.387 e. The van der Waals surface area contributed by atoms with Crippen LogP contribution in [0.4, 0.5) is 8.78 Å². The van der Waals surface area contributed by atoms with Crippen molar-refractivity contribution in [3.63, 3.8) is 0 Å². The smallest absolute Gasteiger partial charge is 0.123 e. The maximum atomic E-state index is 13.1. The van der Waals surface area contributed by atoms with E-state index in [9.17, 15) is 13.9 Å². The van der Waals surface area contributed by atoms with Crippen molar-refractivity contribution in [1.82, 2.24) is 5.32 Å². The Hall–Kier alpha value is -1.78. The van der Waals surface area contributed by atoms with Gasteiger partial charge in [-0.1, -0.05) is 24.3 Å². The maximum Gasteiger partial charge on any atom is 0.123 e. The van der Waals surface area contributed by atoms with Crippen LogP contribution >= 0.6 is 0 Å². The van der Waals surface area contributed by atoms with Crippen LogP contribution in [0.25, 0.3) is 0 Å². The lowest BCUT2D eigenvalue weighted by atomic mass is 10.1. The Labute approximate surface area is 117 Å². The van der Waals surface area contributed by atoms with Crippen molar-refractivity contribution in [2.45, 2.75) is 19.1 Å². The van der Waals surface area contributed by atoms with E-state index in [1.165, 1.54) is 24.3 Å². The third-order valence-corrected chi connectivity index (χ3v) is 3.20. The van der Waals surface area contributed by atoms with Crippen LogP contribution in [0.15, 0.2) is 48.5 Å². The fourth-order valence-electron chi connectivity index (χ4n) is 2.01. The molecule has 2 rings (SSSR count). The van der Waals surface area contributed by atoms with Gasteiger partial charge in [0.2, 0.25) is 0 Å². The predicted octanol–water partition coefficient (Wildman–Crippen LogP) is 3.35. The van der Waals surface area contributed by atoms with Gasteiger partial charge in [0.15, 0.2) is 0 Å². The standard InChI is InChI=1S/C16H17F2NO/c1-11(12-4-2-6-14(17)8-12)19-10-16(20)13-5-3-7-15(18)9-13/h2-9,11,16,19-20H,10H2,1H3/t11-,16?/m1/s1. The Kier molecular flexibility index (Phi) is 4.82. The van der Waals surface area contributed by atoms with Crippen molar-refractivity contribution in [3.8, 4) is 0 Å². The lowest BCUT2D eigenvalue weighted by molar-refractivity contribution is 0.170. The maximum absolute atomic E-state index is 13.1. The van der Waals surface area contributed by atoms with Gasteiger partial charge in [-0.2, -0.15) is 0 Å². The number of benzene rings is 2. The van der Waals surface area contributed by atoms with E-state index in [1.54, 1.807) is 18.2 Å². The normalized spacial score (nSPS) is 14.0. The van der Waals surface area contributed by atoms with Crippen molar-refractivity contribution in [1.29, 1.82) is 0 Å². The van der Waals surface area contributed by atoms with E-state index in [4.69, 9.17) is 0 Å². The molecule has 2 nitrogen and oxygen atoms in total. The first-order valence-corrected chi connectivity index (χ1v) is 6.48. The number of aliphatic hydroxyl groups is 1. The van der Waals surface area contributed by atoms with Crippen LogP contribution < -0.4 is 5.32 Å². The van der Waals surface area contributed by atoms with Gasteiger partial charge in [-0.15, -0.1) is 0 Å². The Balaban J connectivity index is 1.94. The summed E-state index contributed by atoms with van der Waals surface area (Å²) in [5.41, 5.74) is 1.32. The molecule has 2 atom stereocenters. The summed E-state index contributed by atoms with van der Waals surface area (Å²) in [6, 6.07) is 12.1. The average molecular weight is 277 g/mol. The Morgan fingerprint density at radius 3 is 2.15 bits per heavy atom. The van der Waals surface area contributed by atoms with E-state index in [2.05, 4.69) is 5.32 Å². The topological polar surface area (TPSA) is 32.3 Å². The van der Waals surface area contributed by atoms with Gasteiger partial charge >= 0.3 is 0 Å². The fraction of sp³-hybridized carbons (Fsp3) is 0.250. The van der Waals surface area contributed by atoms with Crippen LogP contribution in [-0.2, 0) is 0 Å². The molecule has 4 heteroatoms. The lowest BCUT2D eigenvalue weighted by Gasteiger charge is -2.18. The molecule has 2 aromatic carbocycles. The van der Waals surface area contributed by atoms with Crippen molar-refractivity contribution in [3.05, 3.63) is 71.3 Å². The first-order chi connectivity index (χ1) is 9.56. The molecular weight excluding hydrogens is 260 g/mol. The summed E-state index contributed by atoms with van der Waals surface area (Å²) >= 11 is 0. The third kappa shape index (κ3) is 3.85. The highest BCUT2D eigenvalue weighted by atomic mass is 19.1. The van der Waals surface area contributed by atoms with Gasteiger partial charge in [-0.3, -0.25) is 0 Å². The summed E-state index contributed by atoms with van der Waals surface area (Å²) in [6.07, 6.45) is -0.804. The molecule has 0 aromatic heterocycles. The van der Waals surface area contributed by atoms with Gasteiger partial charge in [-0.05, 0) is 42.3 Å². The van der Waals surface area contributed by atoms with E-state index in [0.29, 0.717) is 5.56 Å². The molecule has 0 saturated heterocycles. The van der Waals surface area contributed by atoms with E-state index in [-0.39, 0.29) is 24.2 Å². The molecule has 2 aromatic rings. The monoisotopic (exact) mass is 277 g/mol. The van der Waals surface area contributed by atoms with Crippen molar-refractivity contribution in [2.24, 2.45) is 0 Å². The first kappa shape index (κ1) is 14.6. The minimum atomic E-state index is -0.804. The van der Waals surface area contributed by atoms with Gasteiger partial charge in [0.1, 0.15) is 11.6 Å². The Morgan fingerprint density at radius 2 is 1.55 bits per heavy atom. The molecule has 0 aliphatic heterocycles. The SMILES string of the molecule is C[C@@H](NCC(O)c1cccc(F)c1)c1cccc(F)c1. The van der Waals surface area contributed by atoms with Gasteiger partial charge in [0.05, 0.1) is 6.10 Å². The highest BCUT2D eigenvalue weighted by Gasteiger charge is 2.11. The number of rotatable bonds is 5. The van der Waals surface area contributed by atoms with Crippen LogP contribution in [0.5, 0.6) is 0 Å². The van der Waals surface area contributed by atoms with Crippen molar-refractivity contribution in [2.75, 3.05) is 6.54 Å². The van der Waals surface area contributed by atoms with E-state index in [0.717, 1.165) is 5.56 Å². The third-order valence-electron chi connectivity index (χ3n) is 3.20. The molecule has 0 heterocycles. The molecule has 0 fully saturated rings. The first-order valence-electron chi connectivity index (χ1n) is 6.48. The van der Waals surface area contributed by atoms with E-state index < -0.39 is 6.10 Å². The number of hydrogen-bond acceptors (Lipinski definition) is 2. The molecule has 0 radical (unpaired) electrons. The summed E-state index contributed by atoms with van der Waals surface area (Å²) in [5.74, 6) is -0.665. The molecule has 20 heavy (non-hydrogen) atoms. The number of hydrogen-bond donors (Lipinski definition) is 2. The second-order valence-corrected chi connectivity index (χ2v) is 4.76. The Bertz CT molecular complexity index is 522. The van der Waals surface area contributed by atoms with Crippen LogP contribution in [0.1, 0.15) is 30.2 Å². The second-order valence-electron chi connectivity index (χ2n) is 4.76. The van der Waals surface area contributed by atoms with Crippen LogP contribution in [0.3, 0.4) is 0 Å². The molecular formula is C16H17F2NO. The molecule has 0 aliphatic carbocycles. The zero-order valence-electron chi connectivity index (χ0n) is 11.2. The molecule has 0 saturated carbocycles. The summed E-state index contributed by atoms with van der Waals surface area (Å²) < 4.78 is 26.2. The highest BCUT2D eigenvalue weighted by Crippen LogP contribution is 2.17. The predicted molar refractivity (Wildman–Crippen MR) is 74.2 cm³/mol. The fourth-order valence-corrected chi connectivity index (χ4v) is 2.01. The highest BCUT2D eigenvalue weighted by molar-refractivity contribution is 5.21. The van der Waals surface area contributed by atoms with Crippen LogP contribution in [0.2, 0.25) is 0 Å². The van der Waals surface area contributed by atoms with Gasteiger partial charge in [-0.25, -0.2) is 8.78 Å². The summed E-state index contributed by atoms with van der Waals surface area (Å²) in [7, 11) is 0. The number of aliphatic hydroxyl groups excluding tert-OH is 1. The second kappa shape index (κ2) is 6.59. The average Bonchev–Trinajstić information content (AvgIpc) is 2.44. The Morgan fingerprint density at radius 1 is 1.00 bits per heavy atom. The van der Waals surface area contributed by atoms with E-state index >= 15 is 0 Å². The molecule has 2 N–H and O–H groups in total. The van der Waals surface area contributed by atoms with Crippen LogP contribution in [-0.4, -0.2) is 11.7 Å². The minimum absolute atomic E-state index is 0.103. The molecule has 0 spiro atoms. The van der Waals surface area contributed by atoms with Gasteiger partial charge in [0, 0.05) is 12.6 Å². The van der Waals surface area contributed by atoms with Crippen molar-refractivity contribution < 1.29 is 13.9 Å². The van der Waals surface area contributed by atoms with Gasteiger partial charge in [0.25, 0.3) is 0 Å². The quantitative estimate of drug-likeness (QED) is 0.878. The molecule has 0 bridgehead atoms. The number of nitrogens with one attached hydrogen (secondary N) is 1.